The Hall–Kier alpha value is -1.76. The molecule has 1 aliphatic carbocycles. The minimum atomic E-state index is -3.10. The minimum Gasteiger partial charge on any atom is -0.432 e. The van der Waals surface area contributed by atoms with Crippen LogP contribution in [0.4, 0.5) is 18.9 Å². The molecule has 0 atom stereocenters. The largest absolute Gasteiger partial charge is 0.432 e. The highest BCUT2D eigenvalue weighted by Crippen LogP contribution is 2.41. The van der Waals surface area contributed by atoms with Gasteiger partial charge in [-0.2, -0.15) is 8.78 Å². The zero-order valence-electron chi connectivity index (χ0n) is 10.7. The van der Waals surface area contributed by atoms with Crippen molar-refractivity contribution in [1.82, 2.24) is 0 Å². The summed E-state index contributed by atoms with van der Waals surface area (Å²) in [6, 6.07) is 3.30. The van der Waals surface area contributed by atoms with Crippen LogP contribution in [0.25, 0.3) is 0 Å². The van der Waals surface area contributed by atoms with Crippen LogP contribution in [-0.4, -0.2) is 19.1 Å². The van der Waals surface area contributed by atoms with E-state index in [-0.39, 0.29) is 18.1 Å². The molecule has 7 heteroatoms. The lowest BCUT2D eigenvalue weighted by atomic mass is 9.68. The van der Waals surface area contributed by atoms with Crippen LogP contribution in [0.1, 0.15) is 19.3 Å². The van der Waals surface area contributed by atoms with Crippen molar-refractivity contribution in [3.63, 3.8) is 0 Å². The van der Waals surface area contributed by atoms with Crippen molar-refractivity contribution < 1.29 is 22.7 Å². The fourth-order valence-electron chi connectivity index (χ4n) is 2.16. The first kappa shape index (κ1) is 14.6. The van der Waals surface area contributed by atoms with E-state index in [1.165, 1.54) is 6.07 Å². The number of alkyl halides is 2. The number of anilines is 1. The predicted octanol–water partition coefficient (Wildman–Crippen LogP) is 2.49. The van der Waals surface area contributed by atoms with E-state index in [1.54, 1.807) is 0 Å². The standard InChI is InChI=1S/C13H15F3N2O2/c14-9-6-8(2-3-10(9)20-12(15)16)18-11(19)13(7-17)4-1-5-13/h2-3,6,12H,1,4-5,7,17H2,(H,18,19). The first-order valence-electron chi connectivity index (χ1n) is 6.23. The molecule has 0 bridgehead atoms. The summed E-state index contributed by atoms with van der Waals surface area (Å²) in [6.07, 6.45) is 2.33. The molecule has 1 fully saturated rings. The van der Waals surface area contributed by atoms with Crippen molar-refractivity contribution in [3.05, 3.63) is 24.0 Å². The van der Waals surface area contributed by atoms with E-state index < -0.39 is 23.6 Å². The van der Waals surface area contributed by atoms with Gasteiger partial charge in [-0.15, -0.1) is 0 Å². The van der Waals surface area contributed by atoms with Crippen molar-refractivity contribution in [2.75, 3.05) is 11.9 Å². The van der Waals surface area contributed by atoms with Crippen LogP contribution in [0.5, 0.6) is 5.75 Å². The zero-order valence-corrected chi connectivity index (χ0v) is 10.7. The molecule has 1 aliphatic rings. The average molecular weight is 288 g/mol. The molecule has 1 aromatic carbocycles. The summed E-state index contributed by atoms with van der Waals surface area (Å²) in [5.41, 5.74) is 5.19. The number of carbonyl (C=O) groups is 1. The second-order valence-electron chi connectivity index (χ2n) is 4.82. The summed E-state index contributed by atoms with van der Waals surface area (Å²) >= 11 is 0. The maximum Gasteiger partial charge on any atom is 0.387 e. The molecule has 0 radical (unpaired) electrons. The van der Waals surface area contributed by atoms with E-state index in [9.17, 15) is 18.0 Å². The van der Waals surface area contributed by atoms with E-state index in [4.69, 9.17) is 5.73 Å². The molecule has 0 aliphatic heterocycles. The van der Waals surface area contributed by atoms with Crippen molar-refractivity contribution in [2.45, 2.75) is 25.9 Å². The molecule has 0 saturated heterocycles. The lowest BCUT2D eigenvalue weighted by Gasteiger charge is -2.39. The van der Waals surface area contributed by atoms with E-state index in [2.05, 4.69) is 10.1 Å². The van der Waals surface area contributed by atoms with Gasteiger partial charge in [0.1, 0.15) is 0 Å². The molecule has 20 heavy (non-hydrogen) atoms. The lowest BCUT2D eigenvalue weighted by molar-refractivity contribution is -0.129. The molecule has 110 valence electrons. The number of halogens is 3. The molecule has 0 heterocycles. The van der Waals surface area contributed by atoms with E-state index in [0.29, 0.717) is 12.8 Å². The summed E-state index contributed by atoms with van der Waals surface area (Å²) < 4.78 is 41.5. The van der Waals surface area contributed by atoms with Crippen molar-refractivity contribution in [2.24, 2.45) is 11.1 Å². The van der Waals surface area contributed by atoms with Gasteiger partial charge >= 0.3 is 6.61 Å². The molecule has 3 N–H and O–H groups in total. The summed E-state index contributed by atoms with van der Waals surface area (Å²) in [5, 5.41) is 2.55. The molecule has 0 aromatic heterocycles. The summed E-state index contributed by atoms with van der Waals surface area (Å²) in [5.74, 6) is -1.79. The lowest BCUT2D eigenvalue weighted by Crippen LogP contribution is -2.47. The second kappa shape index (κ2) is 5.70. The molecule has 1 amide bonds. The topological polar surface area (TPSA) is 64.4 Å². The van der Waals surface area contributed by atoms with Gasteiger partial charge in [-0.05, 0) is 25.0 Å². The molecular weight excluding hydrogens is 273 g/mol. The number of hydrogen-bond acceptors (Lipinski definition) is 3. The third kappa shape index (κ3) is 2.87. The highest BCUT2D eigenvalue weighted by atomic mass is 19.3. The highest BCUT2D eigenvalue weighted by Gasteiger charge is 2.42. The van der Waals surface area contributed by atoms with Crippen LogP contribution in [0.15, 0.2) is 18.2 Å². The third-order valence-electron chi connectivity index (χ3n) is 3.59. The summed E-state index contributed by atoms with van der Waals surface area (Å²) in [4.78, 5) is 12.1. The van der Waals surface area contributed by atoms with Crippen LogP contribution in [0.2, 0.25) is 0 Å². The van der Waals surface area contributed by atoms with Gasteiger partial charge in [-0.1, -0.05) is 6.42 Å². The molecule has 1 aromatic rings. The molecule has 0 unspecified atom stereocenters. The molecule has 1 saturated carbocycles. The van der Waals surface area contributed by atoms with Crippen molar-refractivity contribution in [1.29, 1.82) is 0 Å². The number of benzene rings is 1. The Morgan fingerprint density at radius 1 is 1.45 bits per heavy atom. The number of carbonyl (C=O) groups excluding carboxylic acids is 1. The van der Waals surface area contributed by atoms with Gasteiger partial charge in [0, 0.05) is 18.3 Å². The Labute approximate surface area is 114 Å². The maximum atomic E-state index is 13.5. The molecule has 0 spiro atoms. The first-order chi connectivity index (χ1) is 9.47. The highest BCUT2D eigenvalue weighted by molar-refractivity contribution is 5.96. The van der Waals surface area contributed by atoms with Crippen molar-refractivity contribution >= 4 is 11.6 Å². The van der Waals surface area contributed by atoms with Gasteiger partial charge in [0.2, 0.25) is 5.91 Å². The normalized spacial score (nSPS) is 16.6. The molecule has 2 rings (SSSR count). The van der Waals surface area contributed by atoms with E-state index >= 15 is 0 Å². The quantitative estimate of drug-likeness (QED) is 0.875. The van der Waals surface area contributed by atoms with Crippen LogP contribution < -0.4 is 15.8 Å². The Morgan fingerprint density at radius 3 is 2.60 bits per heavy atom. The number of rotatable bonds is 5. The second-order valence-corrected chi connectivity index (χ2v) is 4.82. The Kier molecular flexibility index (Phi) is 4.17. The SMILES string of the molecule is NCC1(C(=O)Nc2ccc(OC(F)F)c(F)c2)CCC1. The number of nitrogens with one attached hydrogen (secondary N) is 1. The number of amides is 1. The van der Waals surface area contributed by atoms with E-state index in [0.717, 1.165) is 18.6 Å². The summed E-state index contributed by atoms with van der Waals surface area (Å²) in [7, 11) is 0. The summed E-state index contributed by atoms with van der Waals surface area (Å²) in [6.45, 7) is -2.87. The van der Waals surface area contributed by atoms with Crippen LogP contribution >= 0.6 is 0 Å². The smallest absolute Gasteiger partial charge is 0.387 e. The molecule has 4 nitrogen and oxygen atoms in total. The van der Waals surface area contributed by atoms with Gasteiger partial charge in [-0.3, -0.25) is 4.79 Å². The van der Waals surface area contributed by atoms with Gasteiger partial charge in [-0.25, -0.2) is 4.39 Å². The fraction of sp³-hybridized carbons (Fsp3) is 0.462. The van der Waals surface area contributed by atoms with Gasteiger partial charge < -0.3 is 15.8 Å². The average Bonchev–Trinajstić information content (AvgIpc) is 2.31. The number of hydrogen-bond donors (Lipinski definition) is 2. The Balaban J connectivity index is 2.07. The van der Waals surface area contributed by atoms with E-state index in [1.807, 2.05) is 0 Å². The van der Waals surface area contributed by atoms with Crippen LogP contribution in [0, 0.1) is 11.2 Å². The monoisotopic (exact) mass is 288 g/mol. The van der Waals surface area contributed by atoms with Gasteiger partial charge in [0.05, 0.1) is 5.41 Å². The van der Waals surface area contributed by atoms with Crippen LogP contribution in [-0.2, 0) is 4.79 Å². The van der Waals surface area contributed by atoms with Gasteiger partial charge in [0.25, 0.3) is 0 Å². The maximum absolute atomic E-state index is 13.5. The minimum absolute atomic E-state index is 0.189. The molecular formula is C13H15F3N2O2. The zero-order chi connectivity index (χ0) is 14.8. The fourth-order valence-corrected chi connectivity index (χ4v) is 2.16. The predicted molar refractivity (Wildman–Crippen MR) is 67.0 cm³/mol. The van der Waals surface area contributed by atoms with Crippen molar-refractivity contribution in [3.8, 4) is 5.75 Å². The van der Waals surface area contributed by atoms with Crippen LogP contribution in [0.3, 0.4) is 0 Å². The number of nitrogens with two attached hydrogens (primary N) is 1. The first-order valence-corrected chi connectivity index (χ1v) is 6.23. The van der Waals surface area contributed by atoms with Gasteiger partial charge in [0.15, 0.2) is 11.6 Å². The third-order valence-corrected chi connectivity index (χ3v) is 3.59. The number of ether oxygens (including phenoxy) is 1. The Bertz CT molecular complexity index is 499. The Morgan fingerprint density at radius 2 is 2.15 bits per heavy atom.